The average Bonchev–Trinajstić information content (AvgIpc) is 2.13. The molecule has 1 rings (SSSR count). The zero-order valence-corrected chi connectivity index (χ0v) is 6.28. The first-order chi connectivity index (χ1) is 4.22. The summed E-state index contributed by atoms with van der Waals surface area (Å²) >= 11 is 0. The fourth-order valence-corrected chi connectivity index (χ4v) is 1.43. The molecule has 1 N–H and O–H groups in total. The van der Waals surface area contributed by atoms with Gasteiger partial charge in [-0.1, -0.05) is 20.4 Å². The summed E-state index contributed by atoms with van der Waals surface area (Å²) in [5.74, 6) is 1.48. The number of nitrogens with one attached hydrogen (secondary N) is 1. The van der Waals surface area contributed by atoms with Crippen molar-refractivity contribution in [3.8, 4) is 0 Å². The third-order valence-corrected chi connectivity index (χ3v) is 2.06. The van der Waals surface area contributed by atoms with Crippen LogP contribution in [0.2, 0.25) is 0 Å². The summed E-state index contributed by atoms with van der Waals surface area (Å²) in [4.78, 5) is 0. The van der Waals surface area contributed by atoms with Gasteiger partial charge in [0.2, 0.25) is 0 Å². The minimum atomic E-state index is 0. The van der Waals surface area contributed by atoms with E-state index in [4.69, 9.17) is 0 Å². The van der Waals surface area contributed by atoms with Gasteiger partial charge >= 0.3 is 0 Å². The summed E-state index contributed by atoms with van der Waals surface area (Å²) in [6.07, 6.45) is 1.27. The quantitative estimate of drug-likeness (QED) is 0.568. The second-order valence-corrected chi connectivity index (χ2v) is 3.09. The third kappa shape index (κ3) is 1.26. The Morgan fingerprint density at radius 1 is 1.78 bits per heavy atom. The maximum Gasteiger partial charge on any atom is 0.0150 e. The van der Waals surface area contributed by atoms with Gasteiger partial charge in [-0.25, -0.2) is 0 Å². The molecule has 0 saturated carbocycles. The molecular weight excluding hydrogens is 110 g/mol. The van der Waals surface area contributed by atoms with E-state index in [0.717, 1.165) is 18.4 Å². The van der Waals surface area contributed by atoms with E-state index < -0.39 is 0 Å². The van der Waals surface area contributed by atoms with Gasteiger partial charge in [-0.15, -0.1) is 0 Å². The van der Waals surface area contributed by atoms with Crippen molar-refractivity contribution in [2.24, 2.45) is 11.8 Å². The molecule has 1 heterocycles. The molecule has 1 saturated heterocycles. The zero-order chi connectivity index (χ0) is 6.85. The highest BCUT2D eigenvalue weighted by Crippen LogP contribution is 2.24. The highest BCUT2D eigenvalue weighted by Gasteiger charge is 2.20. The van der Waals surface area contributed by atoms with E-state index in [1.54, 1.807) is 0 Å². The summed E-state index contributed by atoms with van der Waals surface area (Å²) in [6.45, 7) is 9.58. The monoisotopic (exact) mass is 127 g/mol. The SMILES string of the molecule is C=C1NCCC1C(C)C.[HH]. The molecule has 54 valence electrons. The molecule has 0 aromatic rings. The van der Waals surface area contributed by atoms with E-state index >= 15 is 0 Å². The summed E-state index contributed by atoms with van der Waals surface area (Å²) in [6, 6.07) is 0. The Morgan fingerprint density at radius 2 is 2.44 bits per heavy atom. The molecule has 1 aliphatic heterocycles. The van der Waals surface area contributed by atoms with E-state index in [2.05, 4.69) is 25.7 Å². The standard InChI is InChI=1S/C8H15N.H2/c1-6(2)8-4-5-9-7(8)3;/h6,8-9H,3-5H2,1-2H3;1H. The van der Waals surface area contributed by atoms with E-state index in [9.17, 15) is 0 Å². The van der Waals surface area contributed by atoms with Crippen molar-refractivity contribution in [1.82, 2.24) is 5.32 Å². The van der Waals surface area contributed by atoms with E-state index in [-0.39, 0.29) is 1.43 Å². The first kappa shape index (κ1) is 6.66. The van der Waals surface area contributed by atoms with Crippen molar-refractivity contribution in [3.05, 3.63) is 12.3 Å². The van der Waals surface area contributed by atoms with Crippen LogP contribution in [0.4, 0.5) is 0 Å². The first-order valence-corrected chi connectivity index (χ1v) is 3.64. The highest BCUT2D eigenvalue weighted by molar-refractivity contribution is 5.04. The number of allylic oxidation sites excluding steroid dienone is 1. The molecule has 0 bridgehead atoms. The van der Waals surface area contributed by atoms with Crippen molar-refractivity contribution in [2.45, 2.75) is 20.3 Å². The summed E-state index contributed by atoms with van der Waals surface area (Å²) < 4.78 is 0. The van der Waals surface area contributed by atoms with Crippen LogP contribution in [0.15, 0.2) is 12.3 Å². The van der Waals surface area contributed by atoms with Crippen LogP contribution in [-0.4, -0.2) is 6.54 Å². The molecule has 0 radical (unpaired) electrons. The van der Waals surface area contributed by atoms with Gasteiger partial charge in [0.1, 0.15) is 0 Å². The van der Waals surface area contributed by atoms with Crippen LogP contribution in [0.25, 0.3) is 0 Å². The van der Waals surface area contributed by atoms with E-state index in [1.165, 1.54) is 12.1 Å². The van der Waals surface area contributed by atoms with Crippen LogP contribution in [0.1, 0.15) is 21.7 Å². The topological polar surface area (TPSA) is 12.0 Å². The maximum absolute atomic E-state index is 3.95. The zero-order valence-electron chi connectivity index (χ0n) is 6.28. The van der Waals surface area contributed by atoms with Gasteiger partial charge in [-0.2, -0.15) is 0 Å². The number of rotatable bonds is 1. The first-order valence-electron chi connectivity index (χ1n) is 3.64. The molecule has 1 unspecified atom stereocenters. The van der Waals surface area contributed by atoms with Crippen molar-refractivity contribution in [1.29, 1.82) is 0 Å². The van der Waals surface area contributed by atoms with Gasteiger partial charge < -0.3 is 5.32 Å². The van der Waals surface area contributed by atoms with Gasteiger partial charge in [-0.3, -0.25) is 0 Å². The molecule has 0 amide bonds. The smallest absolute Gasteiger partial charge is 0.0150 e. The largest absolute Gasteiger partial charge is 0.389 e. The number of hydrogen-bond acceptors (Lipinski definition) is 1. The normalized spacial score (nSPS) is 27.0. The third-order valence-electron chi connectivity index (χ3n) is 2.06. The number of hydrogen-bond donors (Lipinski definition) is 1. The van der Waals surface area contributed by atoms with Crippen molar-refractivity contribution in [3.63, 3.8) is 0 Å². The molecular formula is C8H17N. The minimum Gasteiger partial charge on any atom is -0.389 e. The Morgan fingerprint density at radius 3 is 2.67 bits per heavy atom. The second kappa shape index (κ2) is 2.42. The van der Waals surface area contributed by atoms with E-state index in [0.29, 0.717) is 0 Å². The van der Waals surface area contributed by atoms with Crippen LogP contribution >= 0.6 is 0 Å². The van der Waals surface area contributed by atoms with Crippen molar-refractivity contribution in [2.75, 3.05) is 6.54 Å². The van der Waals surface area contributed by atoms with Gasteiger partial charge in [0, 0.05) is 19.6 Å². The van der Waals surface area contributed by atoms with Crippen LogP contribution in [0.5, 0.6) is 0 Å². The Hall–Kier alpha value is -0.460. The van der Waals surface area contributed by atoms with Gasteiger partial charge in [0.25, 0.3) is 0 Å². The summed E-state index contributed by atoms with van der Waals surface area (Å²) in [5.41, 5.74) is 1.24. The Labute approximate surface area is 58.6 Å². The molecule has 0 aromatic heterocycles. The lowest BCUT2D eigenvalue weighted by Crippen LogP contribution is -2.09. The van der Waals surface area contributed by atoms with Gasteiger partial charge in [0.15, 0.2) is 0 Å². The Kier molecular flexibility index (Phi) is 1.79. The molecule has 0 aromatic carbocycles. The Bertz CT molecular complexity index is 120. The van der Waals surface area contributed by atoms with Gasteiger partial charge in [-0.05, 0) is 12.3 Å². The van der Waals surface area contributed by atoms with Crippen LogP contribution in [0.3, 0.4) is 0 Å². The fraction of sp³-hybridized carbons (Fsp3) is 0.750. The van der Waals surface area contributed by atoms with E-state index in [1.807, 2.05) is 0 Å². The molecule has 0 aliphatic carbocycles. The predicted octanol–water partition coefficient (Wildman–Crippen LogP) is 2.01. The van der Waals surface area contributed by atoms with Crippen LogP contribution in [-0.2, 0) is 0 Å². The summed E-state index contributed by atoms with van der Waals surface area (Å²) in [7, 11) is 0. The van der Waals surface area contributed by atoms with Gasteiger partial charge in [0.05, 0.1) is 0 Å². The molecule has 9 heavy (non-hydrogen) atoms. The minimum absolute atomic E-state index is 0. The molecule has 1 heteroatoms. The molecule has 1 atom stereocenters. The molecule has 0 spiro atoms. The van der Waals surface area contributed by atoms with Crippen LogP contribution in [0, 0.1) is 11.8 Å². The molecule has 1 nitrogen and oxygen atoms in total. The predicted molar refractivity (Wildman–Crippen MR) is 42.2 cm³/mol. The molecule has 1 fully saturated rings. The lowest BCUT2D eigenvalue weighted by molar-refractivity contribution is 0.458. The lowest BCUT2D eigenvalue weighted by atomic mass is 9.93. The fourth-order valence-electron chi connectivity index (χ4n) is 1.43. The second-order valence-electron chi connectivity index (χ2n) is 3.09. The highest BCUT2D eigenvalue weighted by atomic mass is 14.9. The molecule has 1 aliphatic rings. The van der Waals surface area contributed by atoms with Crippen LogP contribution < -0.4 is 5.32 Å². The average molecular weight is 127 g/mol. The van der Waals surface area contributed by atoms with Crippen molar-refractivity contribution >= 4 is 0 Å². The Balaban J connectivity index is 0.000000810. The maximum atomic E-state index is 3.95. The summed E-state index contributed by atoms with van der Waals surface area (Å²) in [5, 5.41) is 3.26. The van der Waals surface area contributed by atoms with Crippen molar-refractivity contribution < 1.29 is 1.43 Å². The lowest BCUT2D eigenvalue weighted by Gasteiger charge is -2.13.